The number of benzene rings is 3. The molecule has 7 heteroatoms. The van der Waals surface area contributed by atoms with E-state index in [1.807, 2.05) is 50.2 Å². The lowest BCUT2D eigenvalue weighted by atomic mass is 10.0. The van der Waals surface area contributed by atoms with Gasteiger partial charge in [0.05, 0.1) is 19.3 Å². The zero-order chi connectivity index (χ0) is 23.8. The van der Waals surface area contributed by atoms with Gasteiger partial charge in [-0.3, -0.25) is 0 Å². The molecule has 1 atom stereocenters. The third-order valence-corrected chi connectivity index (χ3v) is 5.27. The summed E-state index contributed by atoms with van der Waals surface area (Å²) in [5.41, 5.74) is 4.04. The molecule has 0 radical (unpaired) electrons. The smallest absolute Gasteiger partial charge is 0.339 e. The van der Waals surface area contributed by atoms with E-state index in [4.69, 9.17) is 9.47 Å². The van der Waals surface area contributed by atoms with E-state index in [0.717, 1.165) is 35.4 Å². The second-order valence-corrected chi connectivity index (χ2v) is 8.13. The van der Waals surface area contributed by atoms with Gasteiger partial charge in [0.15, 0.2) is 0 Å². The van der Waals surface area contributed by atoms with Crippen LogP contribution in [-0.2, 0) is 6.42 Å². The van der Waals surface area contributed by atoms with Crippen LogP contribution >= 0.6 is 12.4 Å². The largest absolute Gasteiger partial charge is 0.497 e. The topological polar surface area (TPSA) is 88.0 Å². The first-order valence-electron chi connectivity index (χ1n) is 11.0. The van der Waals surface area contributed by atoms with Crippen LogP contribution < -0.4 is 14.8 Å². The van der Waals surface area contributed by atoms with Crippen molar-refractivity contribution in [1.82, 2.24) is 5.32 Å². The average molecular weight is 486 g/mol. The first-order chi connectivity index (χ1) is 15.9. The Morgan fingerprint density at radius 2 is 1.71 bits per heavy atom. The van der Waals surface area contributed by atoms with Gasteiger partial charge < -0.3 is 25.0 Å². The fourth-order valence-corrected chi connectivity index (χ4v) is 3.53. The highest BCUT2D eigenvalue weighted by atomic mass is 35.5. The van der Waals surface area contributed by atoms with Gasteiger partial charge in [-0.05, 0) is 73.3 Å². The Kier molecular flexibility index (Phi) is 10.4. The van der Waals surface area contributed by atoms with Crippen molar-refractivity contribution in [2.24, 2.45) is 0 Å². The van der Waals surface area contributed by atoms with Crippen LogP contribution in [0.4, 0.5) is 0 Å². The Bertz CT molecular complexity index is 1070. The number of hydrogen-bond acceptors (Lipinski definition) is 5. The minimum Gasteiger partial charge on any atom is -0.497 e. The molecule has 0 aromatic heterocycles. The van der Waals surface area contributed by atoms with Gasteiger partial charge in [-0.15, -0.1) is 12.4 Å². The lowest BCUT2D eigenvalue weighted by Gasteiger charge is -2.14. The fraction of sp³-hybridized carbons (Fsp3) is 0.296. The predicted molar refractivity (Wildman–Crippen MR) is 136 cm³/mol. The first kappa shape index (κ1) is 27.2. The average Bonchev–Trinajstić information content (AvgIpc) is 2.81. The van der Waals surface area contributed by atoms with Gasteiger partial charge in [0.1, 0.15) is 17.1 Å². The summed E-state index contributed by atoms with van der Waals surface area (Å²) in [7, 11) is 1.61. The number of halogens is 1. The SMILES string of the molecule is COc1cccc([C@@H](O)CNCCc2ccc(-c3ccc(C(=O)O)c(OC(C)C)c3)cc2)c1.Cl. The Morgan fingerprint density at radius 3 is 2.35 bits per heavy atom. The summed E-state index contributed by atoms with van der Waals surface area (Å²) in [4.78, 5) is 11.5. The maximum atomic E-state index is 11.5. The molecule has 0 aliphatic heterocycles. The molecule has 0 saturated heterocycles. The van der Waals surface area contributed by atoms with Crippen molar-refractivity contribution in [2.45, 2.75) is 32.5 Å². The predicted octanol–water partition coefficient (Wildman–Crippen LogP) is 5.14. The van der Waals surface area contributed by atoms with Crippen LogP contribution in [-0.4, -0.2) is 42.5 Å². The number of rotatable bonds is 11. The molecular formula is C27H32ClNO5. The molecule has 0 aliphatic carbocycles. The van der Waals surface area contributed by atoms with Gasteiger partial charge in [0.25, 0.3) is 0 Å². The molecule has 3 aromatic rings. The second-order valence-electron chi connectivity index (χ2n) is 8.13. The number of hydrogen-bond donors (Lipinski definition) is 3. The number of ether oxygens (including phenoxy) is 2. The quantitative estimate of drug-likeness (QED) is 0.326. The molecule has 0 fully saturated rings. The van der Waals surface area contributed by atoms with Crippen molar-refractivity contribution in [2.75, 3.05) is 20.2 Å². The van der Waals surface area contributed by atoms with Crippen LogP contribution in [0.25, 0.3) is 11.1 Å². The van der Waals surface area contributed by atoms with E-state index in [-0.39, 0.29) is 24.1 Å². The summed E-state index contributed by atoms with van der Waals surface area (Å²) >= 11 is 0. The van der Waals surface area contributed by atoms with Crippen LogP contribution in [0.15, 0.2) is 66.7 Å². The van der Waals surface area contributed by atoms with Gasteiger partial charge >= 0.3 is 5.97 Å². The van der Waals surface area contributed by atoms with E-state index in [2.05, 4.69) is 17.4 Å². The molecule has 182 valence electrons. The van der Waals surface area contributed by atoms with E-state index >= 15 is 0 Å². The normalized spacial score (nSPS) is 11.6. The van der Waals surface area contributed by atoms with Gasteiger partial charge in [0.2, 0.25) is 0 Å². The number of carboxylic acids is 1. The van der Waals surface area contributed by atoms with E-state index in [9.17, 15) is 15.0 Å². The van der Waals surface area contributed by atoms with Gasteiger partial charge in [-0.25, -0.2) is 4.79 Å². The molecule has 3 N–H and O–H groups in total. The molecular weight excluding hydrogens is 454 g/mol. The van der Waals surface area contributed by atoms with Crippen molar-refractivity contribution >= 4 is 18.4 Å². The van der Waals surface area contributed by atoms with Crippen LogP contribution in [0.5, 0.6) is 11.5 Å². The van der Waals surface area contributed by atoms with E-state index in [1.165, 1.54) is 5.56 Å². The minimum atomic E-state index is -1.00. The molecule has 6 nitrogen and oxygen atoms in total. The Balaban J connectivity index is 0.00000408. The third-order valence-electron chi connectivity index (χ3n) is 5.27. The summed E-state index contributed by atoms with van der Waals surface area (Å²) in [5, 5.41) is 23.1. The number of nitrogens with one attached hydrogen (secondary N) is 1. The van der Waals surface area contributed by atoms with Crippen molar-refractivity contribution < 1.29 is 24.5 Å². The second kappa shape index (κ2) is 13.0. The maximum absolute atomic E-state index is 11.5. The molecule has 0 bridgehead atoms. The number of aliphatic hydroxyl groups excluding tert-OH is 1. The molecule has 0 spiro atoms. The fourth-order valence-electron chi connectivity index (χ4n) is 3.53. The molecule has 0 unspecified atom stereocenters. The van der Waals surface area contributed by atoms with Crippen molar-refractivity contribution in [3.63, 3.8) is 0 Å². The standard InChI is InChI=1S/C27H31NO5.ClH/c1-18(2)33-26-16-21(11-12-24(26)27(30)31)20-9-7-19(8-10-20)13-14-28-17-25(29)22-5-4-6-23(15-22)32-3;/h4-12,15-16,18,25,28-29H,13-14,17H2,1-3H3,(H,30,31);1H/t25-;/m0./s1. The molecule has 3 aromatic carbocycles. The maximum Gasteiger partial charge on any atom is 0.339 e. The van der Waals surface area contributed by atoms with Crippen LogP contribution in [0, 0.1) is 0 Å². The Morgan fingerprint density at radius 1 is 1.00 bits per heavy atom. The zero-order valence-electron chi connectivity index (χ0n) is 19.7. The van der Waals surface area contributed by atoms with Crippen molar-refractivity contribution in [1.29, 1.82) is 0 Å². The highest BCUT2D eigenvalue weighted by molar-refractivity contribution is 5.92. The van der Waals surface area contributed by atoms with E-state index in [1.54, 1.807) is 25.3 Å². The van der Waals surface area contributed by atoms with Gasteiger partial charge in [-0.2, -0.15) is 0 Å². The van der Waals surface area contributed by atoms with Crippen molar-refractivity contribution in [3.05, 3.63) is 83.4 Å². The Labute approximate surface area is 207 Å². The number of methoxy groups -OCH3 is 1. The molecule has 0 amide bonds. The molecule has 0 aliphatic rings. The number of aliphatic hydroxyl groups is 1. The van der Waals surface area contributed by atoms with Gasteiger partial charge in [-0.1, -0.05) is 42.5 Å². The monoisotopic (exact) mass is 485 g/mol. The van der Waals surface area contributed by atoms with Crippen LogP contribution in [0.2, 0.25) is 0 Å². The lowest BCUT2D eigenvalue weighted by molar-refractivity contribution is 0.0690. The number of carbonyl (C=O) groups is 1. The Hall–Kier alpha value is -3.06. The molecule has 0 saturated carbocycles. The molecule has 34 heavy (non-hydrogen) atoms. The first-order valence-corrected chi connectivity index (χ1v) is 11.0. The minimum absolute atomic E-state index is 0. The van der Waals surface area contributed by atoms with Crippen molar-refractivity contribution in [3.8, 4) is 22.6 Å². The molecule has 0 heterocycles. The summed E-state index contributed by atoms with van der Waals surface area (Å²) in [5.74, 6) is 0.0987. The van der Waals surface area contributed by atoms with Gasteiger partial charge in [0, 0.05) is 6.54 Å². The van der Waals surface area contributed by atoms with E-state index in [0.29, 0.717) is 12.3 Å². The number of aromatic carboxylic acids is 1. The van der Waals surface area contributed by atoms with E-state index < -0.39 is 12.1 Å². The summed E-state index contributed by atoms with van der Waals surface area (Å²) in [6.07, 6.45) is 0.110. The summed E-state index contributed by atoms with van der Waals surface area (Å²) in [6, 6.07) is 20.8. The third kappa shape index (κ3) is 7.48. The molecule has 3 rings (SSSR count). The van der Waals surface area contributed by atoms with Crippen LogP contribution in [0.1, 0.15) is 41.4 Å². The zero-order valence-corrected chi connectivity index (χ0v) is 20.5. The summed E-state index contributed by atoms with van der Waals surface area (Å²) < 4.78 is 10.9. The highest BCUT2D eigenvalue weighted by Gasteiger charge is 2.14. The highest BCUT2D eigenvalue weighted by Crippen LogP contribution is 2.28. The lowest BCUT2D eigenvalue weighted by Crippen LogP contribution is -2.23. The summed E-state index contributed by atoms with van der Waals surface area (Å²) in [6.45, 7) is 4.94. The van der Waals surface area contributed by atoms with Crippen LogP contribution in [0.3, 0.4) is 0 Å². The number of carboxylic acid groups (broad SMARTS) is 1.